The van der Waals surface area contributed by atoms with Crippen LogP contribution in [0.4, 0.5) is 9.18 Å². The number of carbonyl (C=O) groups excluding carboxylic acids is 1. The van der Waals surface area contributed by atoms with Gasteiger partial charge >= 0.3 is 12.1 Å². The van der Waals surface area contributed by atoms with E-state index >= 15 is 0 Å². The highest BCUT2D eigenvalue weighted by Crippen LogP contribution is 2.24. The van der Waals surface area contributed by atoms with Crippen LogP contribution in [0, 0.1) is 0 Å². The van der Waals surface area contributed by atoms with Gasteiger partial charge in [-0.05, 0) is 38.1 Å². The Bertz CT molecular complexity index is 864. The molecule has 1 aromatic rings. The first-order valence-electron chi connectivity index (χ1n) is 8.84. The Morgan fingerprint density at radius 3 is 2.78 bits per heavy atom. The number of amides is 1. The van der Waals surface area contributed by atoms with Crippen molar-refractivity contribution < 1.29 is 28.6 Å². The monoisotopic (exact) mass is 378 g/mol. The van der Waals surface area contributed by atoms with E-state index in [1.807, 2.05) is 0 Å². The second-order valence-electron chi connectivity index (χ2n) is 7.70. The summed E-state index contributed by atoms with van der Waals surface area (Å²) in [6, 6.07) is 0.723. The molecule has 7 nitrogen and oxygen atoms in total. The average molecular weight is 378 g/mol. The highest BCUT2D eigenvalue weighted by Gasteiger charge is 2.42. The van der Waals surface area contributed by atoms with Crippen molar-refractivity contribution in [3.05, 3.63) is 22.7 Å². The van der Waals surface area contributed by atoms with E-state index in [9.17, 15) is 19.1 Å². The predicted octanol–water partition coefficient (Wildman–Crippen LogP) is 1.23. The van der Waals surface area contributed by atoms with Crippen molar-refractivity contribution in [2.75, 3.05) is 6.54 Å². The lowest BCUT2D eigenvalue weighted by Gasteiger charge is -2.26. The number of halogens is 1. The smallest absolute Gasteiger partial charge is 0.411 e. The van der Waals surface area contributed by atoms with E-state index < -0.39 is 36.0 Å². The molecule has 2 unspecified atom stereocenters. The Balaban J connectivity index is 1.81. The van der Waals surface area contributed by atoms with Crippen molar-refractivity contribution in [1.82, 2.24) is 9.88 Å². The van der Waals surface area contributed by atoms with E-state index in [0.717, 1.165) is 10.1 Å². The van der Waals surface area contributed by atoms with Gasteiger partial charge in [-0.1, -0.05) is 6.08 Å². The summed E-state index contributed by atoms with van der Waals surface area (Å²) in [6.45, 7) is 5.19. The fourth-order valence-electron chi connectivity index (χ4n) is 3.19. The molecule has 1 saturated heterocycles. The van der Waals surface area contributed by atoms with Crippen LogP contribution in [0.2, 0.25) is 0 Å². The summed E-state index contributed by atoms with van der Waals surface area (Å²) in [5, 5.41) is 10.8. The SMILES string of the molecule is CC(C)(C)OC(=O)N1CC(Oc2nccc3c2=CC(F)CC=3)C[C@H]1C(=O)O. The molecule has 0 bridgehead atoms. The molecule has 1 aliphatic heterocycles. The molecular weight excluding hydrogens is 355 g/mol. The second-order valence-corrected chi connectivity index (χ2v) is 7.70. The van der Waals surface area contributed by atoms with Crippen LogP contribution < -0.4 is 15.2 Å². The van der Waals surface area contributed by atoms with Gasteiger partial charge in [0.15, 0.2) is 0 Å². The fourth-order valence-corrected chi connectivity index (χ4v) is 3.19. The van der Waals surface area contributed by atoms with Crippen molar-refractivity contribution in [3.8, 4) is 5.88 Å². The molecule has 1 aliphatic carbocycles. The number of aromatic nitrogens is 1. The molecule has 0 spiro atoms. The maximum absolute atomic E-state index is 13.7. The third kappa shape index (κ3) is 4.37. The number of likely N-dealkylation sites (tertiary alicyclic amines) is 1. The molecular formula is C19H23FN2O5. The van der Waals surface area contributed by atoms with Crippen LogP contribution >= 0.6 is 0 Å². The van der Waals surface area contributed by atoms with Gasteiger partial charge in [-0.3, -0.25) is 4.90 Å². The van der Waals surface area contributed by atoms with Gasteiger partial charge in [0.2, 0.25) is 5.88 Å². The van der Waals surface area contributed by atoms with Crippen LogP contribution in [0.15, 0.2) is 12.3 Å². The molecule has 2 aliphatic rings. The zero-order valence-corrected chi connectivity index (χ0v) is 15.5. The van der Waals surface area contributed by atoms with Crippen molar-refractivity contribution in [3.63, 3.8) is 0 Å². The van der Waals surface area contributed by atoms with Crippen LogP contribution in [-0.2, 0) is 9.53 Å². The van der Waals surface area contributed by atoms with Crippen molar-refractivity contribution in [1.29, 1.82) is 0 Å². The standard InChI is InChI=1S/C19H23FN2O5/c1-19(2,3)27-18(25)22-10-13(9-15(22)17(23)24)26-16-14-8-12(20)5-4-11(14)6-7-21-16/h4,6-8,12-13,15H,5,9-10H2,1-3H3,(H,23,24)/t12?,13?,15-/m0/s1. The minimum absolute atomic E-state index is 0.0556. The first kappa shape index (κ1) is 19.1. The number of rotatable bonds is 3. The third-order valence-electron chi connectivity index (χ3n) is 4.35. The lowest BCUT2D eigenvalue weighted by molar-refractivity contribution is -0.142. The number of hydrogen-bond acceptors (Lipinski definition) is 5. The largest absolute Gasteiger partial charge is 0.480 e. The fraction of sp³-hybridized carbons (Fsp3) is 0.526. The van der Waals surface area contributed by atoms with Gasteiger partial charge in [-0.2, -0.15) is 0 Å². The van der Waals surface area contributed by atoms with Crippen molar-refractivity contribution in [2.45, 2.75) is 57.5 Å². The molecule has 1 amide bonds. The number of alkyl halides is 1. The lowest BCUT2D eigenvalue weighted by Crippen LogP contribution is -2.43. The Hall–Kier alpha value is -2.64. The number of carboxylic acid groups (broad SMARTS) is 1. The van der Waals surface area contributed by atoms with Crippen LogP contribution in [0.1, 0.15) is 33.6 Å². The molecule has 8 heteroatoms. The Morgan fingerprint density at radius 1 is 1.37 bits per heavy atom. The number of hydrogen-bond donors (Lipinski definition) is 1. The van der Waals surface area contributed by atoms with Gasteiger partial charge < -0.3 is 14.6 Å². The lowest BCUT2D eigenvalue weighted by atomic mass is 10.1. The predicted molar refractivity (Wildman–Crippen MR) is 95.3 cm³/mol. The molecule has 1 fully saturated rings. The minimum Gasteiger partial charge on any atom is -0.480 e. The number of carboxylic acids is 1. The summed E-state index contributed by atoms with van der Waals surface area (Å²) in [5.41, 5.74) is -0.736. The normalized spacial score (nSPS) is 24.4. The van der Waals surface area contributed by atoms with Gasteiger partial charge in [0, 0.05) is 24.3 Å². The maximum Gasteiger partial charge on any atom is 0.411 e. The highest BCUT2D eigenvalue weighted by molar-refractivity contribution is 5.81. The van der Waals surface area contributed by atoms with Crippen LogP contribution in [0.3, 0.4) is 0 Å². The molecule has 2 heterocycles. The number of ether oxygens (including phenoxy) is 2. The molecule has 27 heavy (non-hydrogen) atoms. The molecule has 1 N–H and O–H groups in total. The number of carbonyl (C=O) groups is 2. The first-order chi connectivity index (χ1) is 12.6. The van der Waals surface area contributed by atoms with Crippen molar-refractivity contribution in [2.24, 2.45) is 0 Å². The van der Waals surface area contributed by atoms with E-state index in [1.165, 1.54) is 6.08 Å². The molecule has 0 saturated carbocycles. The van der Waals surface area contributed by atoms with E-state index in [1.54, 1.807) is 39.1 Å². The van der Waals surface area contributed by atoms with E-state index in [4.69, 9.17) is 9.47 Å². The Morgan fingerprint density at radius 2 is 2.11 bits per heavy atom. The summed E-state index contributed by atoms with van der Waals surface area (Å²) >= 11 is 0. The van der Waals surface area contributed by atoms with E-state index in [0.29, 0.717) is 11.6 Å². The average Bonchev–Trinajstić information content (AvgIpc) is 2.98. The van der Waals surface area contributed by atoms with Gasteiger partial charge in [0.1, 0.15) is 23.9 Å². The van der Waals surface area contributed by atoms with E-state index in [-0.39, 0.29) is 18.8 Å². The number of nitrogens with zero attached hydrogens (tertiary/aromatic N) is 2. The third-order valence-corrected chi connectivity index (χ3v) is 4.35. The maximum atomic E-state index is 13.7. The topological polar surface area (TPSA) is 89.0 Å². The van der Waals surface area contributed by atoms with Crippen LogP contribution in [0.5, 0.6) is 5.88 Å². The molecule has 146 valence electrons. The van der Waals surface area contributed by atoms with Gasteiger partial charge in [-0.15, -0.1) is 0 Å². The Labute approximate surface area is 156 Å². The minimum atomic E-state index is -1.13. The Kier molecular flexibility index (Phi) is 5.08. The van der Waals surface area contributed by atoms with Crippen LogP contribution in [0.25, 0.3) is 12.2 Å². The molecule has 0 radical (unpaired) electrons. The molecule has 0 aromatic carbocycles. The molecule has 3 rings (SSSR count). The van der Waals surface area contributed by atoms with Gasteiger partial charge in [0.05, 0.1) is 6.54 Å². The van der Waals surface area contributed by atoms with Gasteiger partial charge in [0.25, 0.3) is 0 Å². The first-order valence-corrected chi connectivity index (χ1v) is 8.84. The summed E-state index contributed by atoms with van der Waals surface area (Å²) < 4.78 is 24.9. The quantitative estimate of drug-likeness (QED) is 0.851. The zero-order valence-electron chi connectivity index (χ0n) is 15.5. The zero-order chi connectivity index (χ0) is 19.8. The van der Waals surface area contributed by atoms with Gasteiger partial charge in [-0.25, -0.2) is 19.0 Å². The summed E-state index contributed by atoms with van der Waals surface area (Å²) in [7, 11) is 0. The highest BCUT2D eigenvalue weighted by atomic mass is 19.1. The second kappa shape index (κ2) is 7.17. The molecule has 1 aromatic heterocycles. The van der Waals surface area contributed by atoms with E-state index in [2.05, 4.69) is 4.98 Å². The summed E-state index contributed by atoms with van der Waals surface area (Å²) in [6.07, 6.45) is 2.79. The number of fused-ring (bicyclic) bond motifs is 1. The van der Waals surface area contributed by atoms with Crippen molar-refractivity contribution >= 4 is 24.2 Å². The van der Waals surface area contributed by atoms with Crippen LogP contribution in [-0.4, -0.2) is 57.5 Å². The summed E-state index contributed by atoms with van der Waals surface area (Å²) in [4.78, 5) is 29.3. The summed E-state index contributed by atoms with van der Waals surface area (Å²) in [5.74, 6) is -0.884. The molecule has 3 atom stereocenters. The number of aliphatic carboxylic acids is 1. The number of pyridine rings is 1.